The number of benzene rings is 1. The topological polar surface area (TPSA) is 46.9 Å². The van der Waals surface area contributed by atoms with Gasteiger partial charge in [0.25, 0.3) is 5.91 Å². The third-order valence-electron chi connectivity index (χ3n) is 4.01. The molecule has 0 aliphatic carbocycles. The first kappa shape index (κ1) is 16.5. The Morgan fingerprint density at radius 1 is 1.29 bits per heavy atom. The maximum atomic E-state index is 12.6. The quantitative estimate of drug-likeness (QED) is 0.780. The molecule has 2 aromatic heterocycles. The first-order chi connectivity index (χ1) is 11.4. The number of fused-ring (bicyclic) bond motifs is 1. The molecular weight excluding hydrogens is 322 g/mol. The maximum Gasteiger partial charge on any atom is 0.253 e. The summed E-state index contributed by atoms with van der Waals surface area (Å²) in [5, 5.41) is 4.74. The third-order valence-corrected chi connectivity index (χ3v) is 4.38. The molecule has 0 saturated carbocycles. The summed E-state index contributed by atoms with van der Waals surface area (Å²) >= 11 is 6.23. The summed E-state index contributed by atoms with van der Waals surface area (Å²) in [6.45, 7) is 3.98. The highest BCUT2D eigenvalue weighted by molar-refractivity contribution is 6.31. The molecule has 2 heterocycles. The number of nitrogens with zero attached hydrogens (tertiary/aromatic N) is 2. The number of rotatable bonds is 4. The Morgan fingerprint density at radius 2 is 2.04 bits per heavy atom. The summed E-state index contributed by atoms with van der Waals surface area (Å²) in [5.41, 5.74) is 2.01. The van der Waals surface area contributed by atoms with Gasteiger partial charge < -0.3 is 9.88 Å². The van der Waals surface area contributed by atoms with Crippen LogP contribution in [-0.4, -0.2) is 21.0 Å². The summed E-state index contributed by atoms with van der Waals surface area (Å²) in [5.74, 6) is -0.134. The zero-order chi connectivity index (χ0) is 17.3. The van der Waals surface area contributed by atoms with Gasteiger partial charge in [0.1, 0.15) is 5.65 Å². The molecule has 3 rings (SSSR count). The number of aryl methyl sites for hydroxylation is 1. The van der Waals surface area contributed by atoms with Crippen molar-refractivity contribution in [2.45, 2.75) is 25.8 Å². The van der Waals surface area contributed by atoms with Gasteiger partial charge in [0.2, 0.25) is 0 Å². The summed E-state index contributed by atoms with van der Waals surface area (Å²) in [7, 11) is 1.93. The molecule has 4 nitrogen and oxygen atoms in total. The van der Waals surface area contributed by atoms with Gasteiger partial charge >= 0.3 is 0 Å². The number of amides is 1. The number of carbonyl (C=O) groups excluding carboxylic acids is 1. The predicted octanol–water partition coefficient (Wildman–Crippen LogP) is 3.98. The monoisotopic (exact) mass is 341 g/mol. The molecule has 0 fully saturated rings. The van der Waals surface area contributed by atoms with Crippen LogP contribution in [0, 0.1) is 0 Å². The minimum absolute atomic E-state index is 0.134. The Labute approximate surface area is 146 Å². The van der Waals surface area contributed by atoms with Crippen LogP contribution in [-0.2, 0) is 13.5 Å². The molecule has 0 bridgehead atoms. The second-order valence-electron chi connectivity index (χ2n) is 6.67. The Bertz CT molecular complexity index is 899. The molecule has 0 spiro atoms. The second kappa shape index (κ2) is 6.29. The zero-order valence-corrected chi connectivity index (χ0v) is 14.8. The average molecular weight is 342 g/mol. The van der Waals surface area contributed by atoms with E-state index in [1.54, 1.807) is 6.20 Å². The molecule has 0 unspecified atom stereocenters. The second-order valence-corrected chi connectivity index (χ2v) is 7.08. The van der Waals surface area contributed by atoms with Gasteiger partial charge in [0.15, 0.2) is 0 Å². The summed E-state index contributed by atoms with van der Waals surface area (Å²) in [6.07, 6.45) is 4.20. The summed E-state index contributed by atoms with van der Waals surface area (Å²) < 4.78 is 1.93. The van der Waals surface area contributed by atoms with E-state index in [9.17, 15) is 4.79 Å². The fraction of sp³-hybridized carbons (Fsp3) is 0.263. The van der Waals surface area contributed by atoms with Gasteiger partial charge in [-0.15, -0.1) is 0 Å². The molecule has 0 saturated heterocycles. The first-order valence-electron chi connectivity index (χ1n) is 7.83. The lowest BCUT2D eigenvalue weighted by Crippen LogP contribution is -2.45. The standard InChI is InChI=1S/C19H20ClN3O/c1-19(2,11-14-6-4-5-7-16(14)20)22-18(24)15-10-13-8-9-23(3)17(13)21-12-15/h4-10,12H,11H2,1-3H3,(H,22,24). The van der Waals surface area contributed by atoms with E-state index >= 15 is 0 Å². The smallest absolute Gasteiger partial charge is 0.253 e. The van der Waals surface area contributed by atoms with Gasteiger partial charge in [0, 0.05) is 35.4 Å². The van der Waals surface area contributed by atoms with Crippen LogP contribution in [0.4, 0.5) is 0 Å². The molecule has 5 heteroatoms. The van der Waals surface area contributed by atoms with Crippen LogP contribution in [0.25, 0.3) is 11.0 Å². The molecule has 0 aliphatic heterocycles. The molecule has 0 atom stereocenters. The molecule has 1 aromatic carbocycles. The van der Waals surface area contributed by atoms with Gasteiger partial charge in [-0.3, -0.25) is 4.79 Å². The van der Waals surface area contributed by atoms with Crippen LogP contribution in [0.5, 0.6) is 0 Å². The van der Waals surface area contributed by atoms with Crippen molar-refractivity contribution in [2.24, 2.45) is 7.05 Å². The minimum atomic E-state index is -0.423. The van der Waals surface area contributed by atoms with E-state index in [0.717, 1.165) is 16.6 Å². The summed E-state index contributed by atoms with van der Waals surface area (Å²) in [4.78, 5) is 17.0. The highest BCUT2D eigenvalue weighted by Crippen LogP contribution is 2.21. The largest absolute Gasteiger partial charge is 0.347 e. The van der Waals surface area contributed by atoms with E-state index in [1.165, 1.54) is 0 Å². The van der Waals surface area contributed by atoms with Crippen molar-refractivity contribution >= 4 is 28.5 Å². The van der Waals surface area contributed by atoms with E-state index in [0.29, 0.717) is 17.0 Å². The lowest BCUT2D eigenvalue weighted by molar-refractivity contribution is 0.0913. The highest BCUT2D eigenvalue weighted by Gasteiger charge is 2.23. The van der Waals surface area contributed by atoms with E-state index in [-0.39, 0.29) is 5.91 Å². The van der Waals surface area contributed by atoms with E-state index < -0.39 is 5.54 Å². The van der Waals surface area contributed by atoms with Crippen LogP contribution in [0.15, 0.2) is 48.8 Å². The number of nitrogens with one attached hydrogen (secondary N) is 1. The van der Waals surface area contributed by atoms with Gasteiger partial charge in [-0.1, -0.05) is 29.8 Å². The SMILES string of the molecule is Cn1ccc2cc(C(=O)NC(C)(C)Cc3ccccc3Cl)cnc21. The Hall–Kier alpha value is -2.33. The zero-order valence-electron chi connectivity index (χ0n) is 14.0. The van der Waals surface area contributed by atoms with Gasteiger partial charge in [-0.25, -0.2) is 4.98 Å². The van der Waals surface area contributed by atoms with Gasteiger partial charge in [-0.2, -0.15) is 0 Å². The number of hydrogen-bond acceptors (Lipinski definition) is 2. The number of aromatic nitrogens is 2. The minimum Gasteiger partial charge on any atom is -0.347 e. The van der Waals surface area contributed by atoms with E-state index in [4.69, 9.17) is 11.6 Å². The van der Waals surface area contributed by atoms with Crippen molar-refractivity contribution in [3.63, 3.8) is 0 Å². The Balaban J connectivity index is 1.77. The maximum absolute atomic E-state index is 12.6. The Morgan fingerprint density at radius 3 is 2.79 bits per heavy atom. The van der Waals surface area contributed by atoms with Crippen LogP contribution in [0.2, 0.25) is 5.02 Å². The van der Waals surface area contributed by atoms with Crippen LogP contribution < -0.4 is 5.32 Å². The fourth-order valence-corrected chi connectivity index (χ4v) is 3.02. The lowest BCUT2D eigenvalue weighted by Gasteiger charge is -2.27. The molecule has 3 aromatic rings. The van der Waals surface area contributed by atoms with Crippen molar-refractivity contribution in [3.8, 4) is 0 Å². The molecule has 1 N–H and O–H groups in total. The molecule has 0 radical (unpaired) electrons. The number of halogens is 1. The Kier molecular flexibility index (Phi) is 4.33. The van der Waals surface area contributed by atoms with Gasteiger partial charge in [0.05, 0.1) is 5.56 Å². The van der Waals surface area contributed by atoms with Crippen LogP contribution in [0.3, 0.4) is 0 Å². The lowest BCUT2D eigenvalue weighted by atomic mass is 9.94. The average Bonchev–Trinajstić information content (AvgIpc) is 2.90. The number of carbonyl (C=O) groups is 1. The van der Waals surface area contributed by atoms with Crippen LogP contribution in [0.1, 0.15) is 29.8 Å². The molecule has 0 aliphatic rings. The fourth-order valence-electron chi connectivity index (χ4n) is 2.82. The molecular formula is C19H20ClN3O. The number of pyridine rings is 1. The summed E-state index contributed by atoms with van der Waals surface area (Å²) in [6, 6.07) is 11.5. The normalized spacial score (nSPS) is 11.7. The first-order valence-corrected chi connectivity index (χ1v) is 8.20. The van der Waals surface area contributed by atoms with Crippen molar-refractivity contribution in [3.05, 3.63) is 64.9 Å². The van der Waals surface area contributed by atoms with Crippen molar-refractivity contribution in [1.29, 1.82) is 0 Å². The van der Waals surface area contributed by atoms with Crippen molar-refractivity contribution < 1.29 is 4.79 Å². The molecule has 1 amide bonds. The van der Waals surface area contributed by atoms with Crippen molar-refractivity contribution in [2.75, 3.05) is 0 Å². The van der Waals surface area contributed by atoms with E-state index in [2.05, 4.69) is 10.3 Å². The number of hydrogen-bond donors (Lipinski definition) is 1. The predicted molar refractivity (Wildman–Crippen MR) is 97.4 cm³/mol. The highest BCUT2D eigenvalue weighted by atomic mass is 35.5. The van der Waals surface area contributed by atoms with Crippen molar-refractivity contribution in [1.82, 2.24) is 14.9 Å². The van der Waals surface area contributed by atoms with E-state index in [1.807, 2.05) is 68.1 Å². The van der Waals surface area contributed by atoms with Crippen LogP contribution >= 0.6 is 11.6 Å². The molecule has 124 valence electrons. The van der Waals surface area contributed by atoms with Gasteiger partial charge in [-0.05, 0) is 44.0 Å². The third kappa shape index (κ3) is 3.44. The molecule has 24 heavy (non-hydrogen) atoms.